The van der Waals surface area contributed by atoms with Crippen molar-refractivity contribution in [1.29, 1.82) is 0 Å². The lowest BCUT2D eigenvalue weighted by Gasteiger charge is -2.12. The molecule has 0 unspecified atom stereocenters. The van der Waals surface area contributed by atoms with Gasteiger partial charge in [-0.2, -0.15) is 0 Å². The van der Waals surface area contributed by atoms with Gasteiger partial charge in [-0.3, -0.25) is 0 Å². The fourth-order valence-electron chi connectivity index (χ4n) is 3.19. The maximum Gasteiger partial charge on any atom is -0.00637 e. The van der Waals surface area contributed by atoms with Crippen LogP contribution in [0.25, 0.3) is 16.7 Å². The second-order valence-electron chi connectivity index (χ2n) is 5.48. The van der Waals surface area contributed by atoms with Gasteiger partial charge in [0, 0.05) is 0 Å². The molecule has 0 saturated heterocycles. The quantitative estimate of drug-likeness (QED) is 0.507. The first kappa shape index (κ1) is 11.5. The van der Waals surface area contributed by atoms with Crippen LogP contribution in [0.3, 0.4) is 0 Å². The molecule has 2 aliphatic carbocycles. The third kappa shape index (κ3) is 1.61. The third-order valence-electron chi connectivity index (χ3n) is 4.20. The Morgan fingerprint density at radius 1 is 0.700 bits per heavy atom. The van der Waals surface area contributed by atoms with Crippen LogP contribution >= 0.6 is 0 Å². The van der Waals surface area contributed by atoms with Crippen molar-refractivity contribution in [3.63, 3.8) is 0 Å². The molecule has 0 N–H and O–H groups in total. The molecule has 0 heterocycles. The van der Waals surface area contributed by atoms with Crippen LogP contribution < -0.4 is 0 Å². The summed E-state index contributed by atoms with van der Waals surface area (Å²) in [5.74, 6) is 0. The monoisotopic (exact) mass is 256 g/mol. The van der Waals surface area contributed by atoms with Crippen molar-refractivity contribution in [2.45, 2.75) is 13.3 Å². The molecule has 0 spiro atoms. The van der Waals surface area contributed by atoms with Crippen molar-refractivity contribution in [3.05, 3.63) is 89.0 Å². The van der Waals surface area contributed by atoms with E-state index in [-0.39, 0.29) is 0 Å². The Bertz CT molecular complexity index is 738. The number of rotatable bonds is 0. The summed E-state index contributed by atoms with van der Waals surface area (Å²) >= 11 is 0. The predicted molar refractivity (Wildman–Crippen MR) is 85.4 cm³/mol. The van der Waals surface area contributed by atoms with Gasteiger partial charge in [-0.1, -0.05) is 72.3 Å². The molecule has 0 atom stereocenters. The third-order valence-corrected chi connectivity index (χ3v) is 4.20. The minimum atomic E-state index is 1.03. The van der Waals surface area contributed by atoms with Crippen molar-refractivity contribution in [2.75, 3.05) is 0 Å². The Kier molecular flexibility index (Phi) is 2.50. The average molecular weight is 256 g/mol. The van der Waals surface area contributed by atoms with Crippen LogP contribution in [0, 0.1) is 0 Å². The van der Waals surface area contributed by atoms with E-state index in [9.17, 15) is 0 Å². The molecule has 0 aromatic heterocycles. The number of allylic oxidation sites excluding steroid dienone is 5. The molecular formula is C20H16. The molecule has 20 heavy (non-hydrogen) atoms. The topological polar surface area (TPSA) is 0 Å². The summed E-state index contributed by atoms with van der Waals surface area (Å²) in [6.45, 7) is 2.16. The number of hydrogen-bond acceptors (Lipinski definition) is 0. The molecule has 4 rings (SSSR count). The van der Waals surface area contributed by atoms with E-state index in [1.165, 1.54) is 39.0 Å². The van der Waals surface area contributed by atoms with Gasteiger partial charge >= 0.3 is 0 Å². The first-order chi connectivity index (χ1) is 9.84. The maximum atomic E-state index is 2.31. The smallest absolute Gasteiger partial charge is 0.00637 e. The van der Waals surface area contributed by atoms with Crippen LogP contribution in [0.15, 0.2) is 77.9 Å². The van der Waals surface area contributed by atoms with Gasteiger partial charge in [0.05, 0.1) is 0 Å². The fourth-order valence-corrected chi connectivity index (χ4v) is 3.19. The summed E-state index contributed by atoms with van der Waals surface area (Å²) in [5, 5.41) is 0. The standard InChI is InChI=1S/C20H16/c1-14-10-12-15(13-11-14)20-18-8-4-2-6-16(18)17-7-3-5-9-19(17)20/h2-12H,13H2,1H3. The van der Waals surface area contributed by atoms with Crippen LogP contribution in [-0.4, -0.2) is 0 Å². The van der Waals surface area contributed by atoms with E-state index in [1.807, 2.05) is 0 Å². The van der Waals surface area contributed by atoms with Crippen LogP contribution in [0.5, 0.6) is 0 Å². The van der Waals surface area contributed by atoms with Gasteiger partial charge in [0.1, 0.15) is 0 Å². The number of fused-ring (bicyclic) bond motifs is 3. The van der Waals surface area contributed by atoms with Gasteiger partial charge in [0.15, 0.2) is 0 Å². The van der Waals surface area contributed by atoms with Gasteiger partial charge in [0.2, 0.25) is 0 Å². The first-order valence-electron chi connectivity index (χ1n) is 7.12. The highest BCUT2D eigenvalue weighted by Gasteiger charge is 2.24. The van der Waals surface area contributed by atoms with E-state index in [0.29, 0.717) is 0 Å². The summed E-state index contributed by atoms with van der Waals surface area (Å²) in [6.07, 6.45) is 7.84. The predicted octanol–water partition coefficient (Wildman–Crippen LogP) is 5.38. The lowest BCUT2D eigenvalue weighted by Crippen LogP contribution is -1.92. The van der Waals surface area contributed by atoms with E-state index in [0.717, 1.165) is 6.42 Å². The lowest BCUT2D eigenvalue weighted by molar-refractivity contribution is 1.22. The molecule has 2 aromatic carbocycles. The Balaban J connectivity index is 2.02. The highest BCUT2D eigenvalue weighted by atomic mass is 14.3. The lowest BCUT2D eigenvalue weighted by atomic mass is 9.92. The van der Waals surface area contributed by atoms with Crippen molar-refractivity contribution >= 4 is 5.57 Å². The van der Waals surface area contributed by atoms with E-state index in [2.05, 4.69) is 73.7 Å². The molecule has 2 aromatic rings. The Morgan fingerprint density at radius 2 is 1.25 bits per heavy atom. The number of benzene rings is 2. The molecule has 0 saturated carbocycles. The largest absolute Gasteiger partial charge is 0.0772 e. The highest BCUT2D eigenvalue weighted by Crippen LogP contribution is 2.46. The molecule has 0 aliphatic heterocycles. The second-order valence-corrected chi connectivity index (χ2v) is 5.48. The summed E-state index contributed by atoms with van der Waals surface area (Å²) in [5.41, 5.74) is 9.68. The van der Waals surface area contributed by atoms with Crippen molar-refractivity contribution in [1.82, 2.24) is 0 Å². The number of hydrogen-bond donors (Lipinski definition) is 0. The van der Waals surface area contributed by atoms with E-state index in [1.54, 1.807) is 0 Å². The van der Waals surface area contributed by atoms with Crippen LogP contribution in [0.4, 0.5) is 0 Å². The molecule has 0 fully saturated rings. The van der Waals surface area contributed by atoms with Gasteiger partial charge in [-0.25, -0.2) is 0 Å². The van der Waals surface area contributed by atoms with E-state index in [4.69, 9.17) is 0 Å². The normalized spacial score (nSPS) is 15.9. The minimum absolute atomic E-state index is 1.03. The Labute approximate surface area is 119 Å². The zero-order valence-corrected chi connectivity index (χ0v) is 11.6. The summed E-state index contributed by atoms with van der Waals surface area (Å²) < 4.78 is 0. The highest BCUT2D eigenvalue weighted by molar-refractivity contribution is 6.02. The molecule has 0 amide bonds. The van der Waals surface area contributed by atoms with E-state index < -0.39 is 0 Å². The zero-order valence-electron chi connectivity index (χ0n) is 11.6. The fraction of sp³-hybridized carbons (Fsp3) is 0.100. The Hall–Kier alpha value is -2.34. The maximum absolute atomic E-state index is 2.31. The molecule has 0 radical (unpaired) electrons. The van der Waals surface area contributed by atoms with Crippen molar-refractivity contribution in [3.8, 4) is 11.1 Å². The summed E-state index contributed by atoms with van der Waals surface area (Å²) in [6, 6.07) is 17.5. The molecule has 0 nitrogen and oxygen atoms in total. The van der Waals surface area contributed by atoms with Gasteiger partial charge in [0.25, 0.3) is 0 Å². The molecular weight excluding hydrogens is 240 g/mol. The average Bonchev–Trinajstić information content (AvgIpc) is 2.83. The summed E-state index contributed by atoms with van der Waals surface area (Å²) in [7, 11) is 0. The zero-order chi connectivity index (χ0) is 13.5. The van der Waals surface area contributed by atoms with Crippen molar-refractivity contribution < 1.29 is 0 Å². The van der Waals surface area contributed by atoms with Crippen LogP contribution in [0.1, 0.15) is 24.5 Å². The second kappa shape index (κ2) is 4.35. The SMILES string of the molecule is CC1=CCC(=C2c3ccccc3-c3ccccc32)C=C1. The Morgan fingerprint density at radius 3 is 1.75 bits per heavy atom. The van der Waals surface area contributed by atoms with Gasteiger partial charge in [-0.15, -0.1) is 0 Å². The molecule has 0 bridgehead atoms. The molecule has 0 heteroatoms. The summed E-state index contributed by atoms with van der Waals surface area (Å²) in [4.78, 5) is 0. The van der Waals surface area contributed by atoms with Crippen LogP contribution in [-0.2, 0) is 0 Å². The van der Waals surface area contributed by atoms with Crippen molar-refractivity contribution in [2.24, 2.45) is 0 Å². The molecule has 96 valence electrons. The first-order valence-corrected chi connectivity index (χ1v) is 7.12. The van der Waals surface area contributed by atoms with E-state index >= 15 is 0 Å². The van der Waals surface area contributed by atoms with Gasteiger partial charge in [-0.05, 0) is 46.7 Å². The van der Waals surface area contributed by atoms with Crippen LogP contribution in [0.2, 0.25) is 0 Å². The minimum Gasteiger partial charge on any atom is -0.0772 e. The van der Waals surface area contributed by atoms with Gasteiger partial charge < -0.3 is 0 Å². The molecule has 2 aliphatic rings.